The van der Waals surface area contributed by atoms with Crippen molar-refractivity contribution in [3.63, 3.8) is 0 Å². The zero-order chi connectivity index (χ0) is 17.8. The minimum Gasteiger partial charge on any atom is -0.207 e. The Balaban J connectivity index is 1.64. The average Bonchev–Trinajstić information content (AvgIpc) is 2.58. The van der Waals surface area contributed by atoms with Gasteiger partial charge in [-0.25, -0.2) is 13.2 Å². The van der Waals surface area contributed by atoms with E-state index < -0.39 is 11.6 Å². The molecule has 0 saturated carbocycles. The van der Waals surface area contributed by atoms with E-state index in [0.717, 1.165) is 56.1 Å². The molecule has 25 heavy (non-hydrogen) atoms. The van der Waals surface area contributed by atoms with E-state index in [0.29, 0.717) is 12.3 Å². The van der Waals surface area contributed by atoms with Crippen molar-refractivity contribution in [1.29, 1.82) is 0 Å². The fourth-order valence-electron chi connectivity index (χ4n) is 3.82. The molecular weight excluding hydrogens is 321 g/mol. The van der Waals surface area contributed by atoms with Gasteiger partial charge in [0, 0.05) is 5.56 Å². The van der Waals surface area contributed by atoms with E-state index in [-0.39, 0.29) is 11.4 Å². The van der Waals surface area contributed by atoms with Crippen LogP contribution in [-0.4, -0.2) is 0 Å². The van der Waals surface area contributed by atoms with Crippen molar-refractivity contribution in [1.82, 2.24) is 0 Å². The van der Waals surface area contributed by atoms with E-state index in [2.05, 4.69) is 6.92 Å². The molecule has 0 saturated heterocycles. The average molecular weight is 346 g/mol. The molecule has 3 heteroatoms. The molecule has 2 aromatic carbocycles. The van der Waals surface area contributed by atoms with Gasteiger partial charge in [-0.1, -0.05) is 19.4 Å². The van der Waals surface area contributed by atoms with E-state index in [4.69, 9.17) is 0 Å². The molecule has 0 radical (unpaired) electrons. The van der Waals surface area contributed by atoms with E-state index in [1.807, 2.05) is 6.07 Å². The van der Waals surface area contributed by atoms with Gasteiger partial charge in [-0.05, 0) is 91.8 Å². The second-order valence-corrected chi connectivity index (χ2v) is 7.20. The molecule has 0 bridgehead atoms. The van der Waals surface area contributed by atoms with E-state index >= 15 is 0 Å². The second kappa shape index (κ2) is 8.07. The molecule has 1 unspecified atom stereocenters. The van der Waals surface area contributed by atoms with Crippen LogP contribution in [-0.2, 0) is 25.7 Å². The molecule has 0 heterocycles. The quantitative estimate of drug-likeness (QED) is 0.585. The number of halogens is 3. The first-order chi connectivity index (χ1) is 12.1. The summed E-state index contributed by atoms with van der Waals surface area (Å²) in [4.78, 5) is 0. The summed E-state index contributed by atoms with van der Waals surface area (Å²) < 4.78 is 42.0. The predicted molar refractivity (Wildman–Crippen MR) is 95.2 cm³/mol. The summed E-state index contributed by atoms with van der Waals surface area (Å²) in [7, 11) is 0. The van der Waals surface area contributed by atoms with Gasteiger partial charge in [0.25, 0.3) is 0 Å². The maximum atomic E-state index is 14.3. The van der Waals surface area contributed by atoms with Crippen molar-refractivity contribution < 1.29 is 13.2 Å². The van der Waals surface area contributed by atoms with Crippen LogP contribution in [0.4, 0.5) is 13.2 Å². The monoisotopic (exact) mass is 346 g/mol. The highest BCUT2D eigenvalue weighted by Crippen LogP contribution is 2.30. The van der Waals surface area contributed by atoms with Gasteiger partial charge >= 0.3 is 0 Å². The van der Waals surface area contributed by atoms with Crippen LogP contribution in [0.25, 0.3) is 0 Å². The number of hydrogen-bond acceptors (Lipinski definition) is 0. The number of fused-ring (bicyclic) bond motifs is 1. The Morgan fingerprint density at radius 3 is 2.44 bits per heavy atom. The summed E-state index contributed by atoms with van der Waals surface area (Å²) in [5.74, 6) is -0.700. The zero-order valence-electron chi connectivity index (χ0n) is 14.8. The van der Waals surface area contributed by atoms with Gasteiger partial charge in [0.1, 0.15) is 17.5 Å². The minimum atomic E-state index is -0.423. The second-order valence-electron chi connectivity index (χ2n) is 7.20. The molecule has 1 atom stereocenters. The van der Waals surface area contributed by atoms with Gasteiger partial charge in [-0.2, -0.15) is 0 Å². The van der Waals surface area contributed by atoms with Gasteiger partial charge < -0.3 is 0 Å². The molecule has 134 valence electrons. The lowest BCUT2D eigenvalue weighted by atomic mass is 9.81. The van der Waals surface area contributed by atoms with Crippen LogP contribution in [0.2, 0.25) is 0 Å². The number of unbranched alkanes of at least 4 members (excludes halogenated alkanes) is 1. The molecule has 0 nitrogen and oxygen atoms in total. The highest BCUT2D eigenvalue weighted by atomic mass is 19.1. The van der Waals surface area contributed by atoms with Crippen LogP contribution in [0.15, 0.2) is 30.3 Å². The van der Waals surface area contributed by atoms with Crippen molar-refractivity contribution in [3.05, 3.63) is 70.0 Å². The Morgan fingerprint density at radius 2 is 1.72 bits per heavy atom. The maximum absolute atomic E-state index is 14.3. The van der Waals surface area contributed by atoms with E-state index in [1.54, 1.807) is 6.07 Å². The smallest absolute Gasteiger partial charge is 0.129 e. The fraction of sp³-hybridized carbons (Fsp3) is 0.455. The predicted octanol–water partition coefficient (Wildman–Crippen LogP) is 6.18. The highest BCUT2D eigenvalue weighted by molar-refractivity contribution is 5.31. The summed E-state index contributed by atoms with van der Waals surface area (Å²) in [6, 6.07) is 7.93. The van der Waals surface area contributed by atoms with Crippen LogP contribution >= 0.6 is 0 Å². The van der Waals surface area contributed by atoms with Gasteiger partial charge in [-0.15, -0.1) is 0 Å². The molecule has 2 aromatic rings. The van der Waals surface area contributed by atoms with E-state index in [1.165, 1.54) is 23.8 Å². The lowest BCUT2D eigenvalue weighted by Gasteiger charge is -2.24. The first-order valence-electron chi connectivity index (χ1n) is 9.31. The SMILES string of the molecule is CCCCc1cc(F)c(CCC2CCc3ccc(F)cc3C2)c(F)c1. The molecule has 0 aliphatic heterocycles. The third kappa shape index (κ3) is 4.45. The Morgan fingerprint density at radius 1 is 0.960 bits per heavy atom. The van der Waals surface area contributed by atoms with Gasteiger partial charge in [0.2, 0.25) is 0 Å². The number of rotatable bonds is 6. The van der Waals surface area contributed by atoms with Gasteiger partial charge in [0.15, 0.2) is 0 Å². The number of benzene rings is 2. The molecule has 0 aromatic heterocycles. The fourth-order valence-corrected chi connectivity index (χ4v) is 3.82. The summed E-state index contributed by atoms with van der Waals surface area (Å²) in [5.41, 5.74) is 3.19. The Hall–Kier alpha value is -1.77. The summed E-state index contributed by atoms with van der Waals surface area (Å²) in [6.07, 6.45) is 6.52. The molecule has 0 N–H and O–H groups in total. The van der Waals surface area contributed by atoms with Crippen LogP contribution in [0.5, 0.6) is 0 Å². The lowest BCUT2D eigenvalue weighted by Crippen LogP contribution is -2.16. The number of hydrogen-bond donors (Lipinski definition) is 0. The van der Waals surface area contributed by atoms with Crippen LogP contribution in [0.1, 0.15) is 54.9 Å². The Bertz CT molecular complexity index is 713. The molecule has 1 aliphatic carbocycles. The maximum Gasteiger partial charge on any atom is 0.129 e. The summed E-state index contributed by atoms with van der Waals surface area (Å²) in [6.45, 7) is 2.06. The normalized spacial score (nSPS) is 16.7. The third-order valence-electron chi connectivity index (χ3n) is 5.32. The molecule has 1 aliphatic rings. The first-order valence-corrected chi connectivity index (χ1v) is 9.31. The Kier molecular flexibility index (Phi) is 5.82. The van der Waals surface area contributed by atoms with Gasteiger partial charge in [0.05, 0.1) is 0 Å². The van der Waals surface area contributed by atoms with Crippen LogP contribution in [0.3, 0.4) is 0 Å². The van der Waals surface area contributed by atoms with Gasteiger partial charge in [-0.3, -0.25) is 0 Å². The van der Waals surface area contributed by atoms with Crippen molar-refractivity contribution in [2.24, 2.45) is 5.92 Å². The summed E-state index contributed by atoms with van der Waals surface area (Å²) in [5, 5.41) is 0. The molecule has 0 amide bonds. The summed E-state index contributed by atoms with van der Waals surface area (Å²) >= 11 is 0. The molecule has 0 spiro atoms. The standard InChI is InChI=1S/C22H25F3/c1-2-3-4-16-12-21(24)20(22(25)13-16)10-6-15-5-7-17-8-9-19(23)14-18(17)11-15/h8-9,12-15H,2-7,10-11H2,1H3. The highest BCUT2D eigenvalue weighted by Gasteiger charge is 2.20. The topological polar surface area (TPSA) is 0 Å². The molecule has 3 rings (SSSR count). The van der Waals surface area contributed by atoms with Crippen molar-refractivity contribution in [3.8, 4) is 0 Å². The van der Waals surface area contributed by atoms with Crippen molar-refractivity contribution in [2.75, 3.05) is 0 Å². The van der Waals surface area contributed by atoms with E-state index in [9.17, 15) is 13.2 Å². The minimum absolute atomic E-state index is 0.199. The first kappa shape index (κ1) is 18.0. The molecular formula is C22H25F3. The van der Waals surface area contributed by atoms with Crippen molar-refractivity contribution in [2.45, 2.75) is 58.3 Å². The third-order valence-corrected chi connectivity index (χ3v) is 5.32. The van der Waals surface area contributed by atoms with Crippen LogP contribution in [0, 0.1) is 23.4 Å². The lowest BCUT2D eigenvalue weighted by molar-refractivity contribution is 0.417. The zero-order valence-corrected chi connectivity index (χ0v) is 14.8. The largest absolute Gasteiger partial charge is 0.207 e. The van der Waals surface area contributed by atoms with Crippen LogP contribution < -0.4 is 0 Å². The molecule has 0 fully saturated rings. The number of aryl methyl sites for hydroxylation is 2. The van der Waals surface area contributed by atoms with Crippen molar-refractivity contribution >= 4 is 0 Å². The Labute approximate surface area is 148 Å².